The molecule has 0 amide bonds. The van der Waals surface area contributed by atoms with Gasteiger partial charge in [-0.3, -0.25) is 4.68 Å². The van der Waals surface area contributed by atoms with Crippen LogP contribution in [-0.4, -0.2) is 32.5 Å². The molecule has 0 radical (unpaired) electrons. The van der Waals surface area contributed by atoms with Crippen LogP contribution in [0.1, 0.15) is 25.6 Å². The quantitative estimate of drug-likeness (QED) is 0.679. The Bertz CT molecular complexity index is 261. The highest BCUT2D eigenvalue weighted by molar-refractivity contribution is 4.82. The lowest BCUT2D eigenvalue weighted by Crippen LogP contribution is -2.27. The number of aromatic nitrogens is 3. The van der Waals surface area contributed by atoms with E-state index in [2.05, 4.69) is 22.3 Å². The summed E-state index contributed by atoms with van der Waals surface area (Å²) in [7, 11) is 1.85. The van der Waals surface area contributed by atoms with E-state index in [4.69, 9.17) is 0 Å². The summed E-state index contributed by atoms with van der Waals surface area (Å²) < 4.78 is 1.72. The van der Waals surface area contributed by atoms with Crippen LogP contribution in [0.5, 0.6) is 0 Å². The van der Waals surface area contributed by atoms with Crippen molar-refractivity contribution in [3.63, 3.8) is 0 Å². The molecule has 0 aliphatic rings. The van der Waals surface area contributed by atoms with Gasteiger partial charge in [-0.1, -0.05) is 13.3 Å². The summed E-state index contributed by atoms with van der Waals surface area (Å²) in [4.78, 5) is 4.07. The van der Waals surface area contributed by atoms with Crippen LogP contribution < -0.4 is 5.32 Å². The first-order chi connectivity index (χ1) is 6.74. The first kappa shape index (κ1) is 11.1. The average Bonchev–Trinajstić information content (AvgIpc) is 2.52. The van der Waals surface area contributed by atoms with Crippen molar-refractivity contribution in [1.29, 1.82) is 0 Å². The molecule has 1 atom stereocenters. The Morgan fingerprint density at radius 3 is 3.00 bits per heavy atom. The maximum atomic E-state index is 9.44. The van der Waals surface area contributed by atoms with E-state index in [1.807, 2.05) is 7.05 Å². The van der Waals surface area contributed by atoms with Crippen molar-refractivity contribution in [2.75, 3.05) is 6.54 Å². The zero-order chi connectivity index (χ0) is 10.4. The standard InChI is InChI=1S/C9H18N4O/c1-3-4-8(14)5-10-6-9-11-7-12-13(9)2/h7-8,10,14H,3-6H2,1-2H3. The van der Waals surface area contributed by atoms with Crippen LogP contribution in [0.2, 0.25) is 0 Å². The number of rotatable bonds is 6. The highest BCUT2D eigenvalue weighted by Gasteiger charge is 2.03. The summed E-state index contributed by atoms with van der Waals surface area (Å²) >= 11 is 0. The molecule has 5 heteroatoms. The van der Waals surface area contributed by atoms with Crippen LogP contribution in [-0.2, 0) is 13.6 Å². The molecule has 0 bridgehead atoms. The van der Waals surface area contributed by atoms with Crippen LogP contribution >= 0.6 is 0 Å². The molecule has 0 saturated carbocycles. The molecule has 2 N–H and O–H groups in total. The molecule has 80 valence electrons. The Labute approximate surface area is 84.2 Å². The van der Waals surface area contributed by atoms with Crippen LogP contribution in [0.25, 0.3) is 0 Å². The normalized spacial score (nSPS) is 13.1. The van der Waals surface area contributed by atoms with Crippen LogP contribution in [0, 0.1) is 0 Å². The maximum Gasteiger partial charge on any atom is 0.140 e. The number of aliphatic hydroxyl groups excluding tert-OH is 1. The third-order valence-corrected chi connectivity index (χ3v) is 2.09. The minimum atomic E-state index is -0.256. The first-order valence-electron chi connectivity index (χ1n) is 4.95. The maximum absolute atomic E-state index is 9.44. The molecule has 0 saturated heterocycles. The predicted molar refractivity (Wildman–Crippen MR) is 53.6 cm³/mol. The number of aliphatic hydroxyl groups is 1. The summed E-state index contributed by atoms with van der Waals surface area (Å²) in [5, 5.41) is 16.5. The van der Waals surface area contributed by atoms with E-state index in [0.29, 0.717) is 13.1 Å². The van der Waals surface area contributed by atoms with Crippen molar-refractivity contribution in [2.45, 2.75) is 32.4 Å². The molecule has 0 aromatic carbocycles. The number of nitrogens with one attached hydrogen (secondary N) is 1. The van der Waals surface area contributed by atoms with Crippen molar-refractivity contribution < 1.29 is 5.11 Å². The van der Waals surface area contributed by atoms with Gasteiger partial charge in [0.05, 0.1) is 12.6 Å². The number of nitrogens with zero attached hydrogens (tertiary/aromatic N) is 3. The van der Waals surface area contributed by atoms with Crippen molar-refractivity contribution in [2.24, 2.45) is 7.05 Å². The minimum Gasteiger partial charge on any atom is -0.392 e. The summed E-state index contributed by atoms with van der Waals surface area (Å²) in [6.45, 7) is 3.32. The van der Waals surface area contributed by atoms with Gasteiger partial charge in [0.2, 0.25) is 0 Å². The molecule has 14 heavy (non-hydrogen) atoms. The summed E-state index contributed by atoms with van der Waals surface area (Å²) in [5.74, 6) is 0.883. The largest absolute Gasteiger partial charge is 0.392 e. The van der Waals surface area contributed by atoms with Gasteiger partial charge < -0.3 is 10.4 Å². The predicted octanol–water partition coefficient (Wildman–Crippen LogP) is 0.0657. The second kappa shape index (κ2) is 5.72. The fourth-order valence-corrected chi connectivity index (χ4v) is 1.27. The van der Waals surface area contributed by atoms with Gasteiger partial charge in [-0.2, -0.15) is 5.10 Å². The molecule has 0 fully saturated rings. The Morgan fingerprint density at radius 2 is 2.43 bits per heavy atom. The summed E-state index contributed by atoms with van der Waals surface area (Å²) in [6, 6.07) is 0. The molecule has 0 spiro atoms. The monoisotopic (exact) mass is 198 g/mol. The van der Waals surface area contributed by atoms with E-state index in [-0.39, 0.29) is 6.10 Å². The number of hydrogen-bond donors (Lipinski definition) is 2. The van der Waals surface area contributed by atoms with Crippen LogP contribution in [0.4, 0.5) is 0 Å². The Morgan fingerprint density at radius 1 is 1.64 bits per heavy atom. The average molecular weight is 198 g/mol. The van der Waals surface area contributed by atoms with Gasteiger partial charge in [0, 0.05) is 13.6 Å². The van der Waals surface area contributed by atoms with E-state index < -0.39 is 0 Å². The molecule has 0 aliphatic heterocycles. The molecule has 0 aliphatic carbocycles. The first-order valence-corrected chi connectivity index (χ1v) is 4.95. The van der Waals surface area contributed by atoms with Crippen molar-refractivity contribution >= 4 is 0 Å². The van der Waals surface area contributed by atoms with E-state index in [1.165, 1.54) is 6.33 Å². The van der Waals surface area contributed by atoms with Gasteiger partial charge in [0.25, 0.3) is 0 Å². The number of hydrogen-bond acceptors (Lipinski definition) is 4. The Hall–Kier alpha value is -0.940. The zero-order valence-corrected chi connectivity index (χ0v) is 8.77. The molecule has 1 aromatic heterocycles. The van der Waals surface area contributed by atoms with Crippen molar-refractivity contribution in [3.05, 3.63) is 12.2 Å². The second-order valence-corrected chi connectivity index (χ2v) is 3.37. The summed E-state index contributed by atoms with van der Waals surface area (Å²) in [6.07, 6.45) is 3.12. The lowest BCUT2D eigenvalue weighted by atomic mass is 10.2. The fraction of sp³-hybridized carbons (Fsp3) is 0.778. The van der Waals surface area contributed by atoms with Crippen molar-refractivity contribution in [3.8, 4) is 0 Å². The smallest absolute Gasteiger partial charge is 0.140 e. The van der Waals surface area contributed by atoms with E-state index in [9.17, 15) is 5.11 Å². The van der Waals surface area contributed by atoms with Gasteiger partial charge in [0.15, 0.2) is 0 Å². The molecule has 1 aromatic rings. The summed E-state index contributed by atoms with van der Waals surface area (Å²) in [5.41, 5.74) is 0. The molecule has 5 nitrogen and oxygen atoms in total. The van der Waals surface area contributed by atoms with Crippen LogP contribution in [0.15, 0.2) is 6.33 Å². The van der Waals surface area contributed by atoms with Gasteiger partial charge in [-0.15, -0.1) is 0 Å². The third kappa shape index (κ3) is 3.43. The zero-order valence-electron chi connectivity index (χ0n) is 8.77. The topological polar surface area (TPSA) is 63.0 Å². The minimum absolute atomic E-state index is 0.256. The van der Waals surface area contributed by atoms with Crippen LogP contribution in [0.3, 0.4) is 0 Å². The highest BCUT2D eigenvalue weighted by Crippen LogP contribution is 1.95. The highest BCUT2D eigenvalue weighted by atomic mass is 16.3. The SMILES string of the molecule is CCCC(O)CNCc1ncnn1C. The second-order valence-electron chi connectivity index (χ2n) is 3.37. The molecule has 1 heterocycles. The molecular formula is C9H18N4O. The fourth-order valence-electron chi connectivity index (χ4n) is 1.27. The van der Waals surface area contributed by atoms with E-state index >= 15 is 0 Å². The number of aryl methyl sites for hydroxylation is 1. The molecule has 1 unspecified atom stereocenters. The lowest BCUT2D eigenvalue weighted by Gasteiger charge is -2.09. The Balaban J connectivity index is 2.19. The van der Waals surface area contributed by atoms with E-state index in [1.54, 1.807) is 4.68 Å². The molecular weight excluding hydrogens is 180 g/mol. The van der Waals surface area contributed by atoms with Gasteiger partial charge >= 0.3 is 0 Å². The van der Waals surface area contributed by atoms with Gasteiger partial charge in [-0.05, 0) is 6.42 Å². The molecule has 1 rings (SSSR count). The van der Waals surface area contributed by atoms with E-state index in [0.717, 1.165) is 18.7 Å². The Kier molecular flexibility index (Phi) is 4.55. The van der Waals surface area contributed by atoms with Gasteiger partial charge in [0.1, 0.15) is 12.2 Å². The van der Waals surface area contributed by atoms with Crippen molar-refractivity contribution in [1.82, 2.24) is 20.1 Å². The van der Waals surface area contributed by atoms with Gasteiger partial charge in [-0.25, -0.2) is 4.98 Å². The third-order valence-electron chi connectivity index (χ3n) is 2.09. The lowest BCUT2D eigenvalue weighted by molar-refractivity contribution is 0.160.